The lowest BCUT2D eigenvalue weighted by atomic mass is 10.1. The molecule has 1 saturated heterocycles. The Morgan fingerprint density at radius 1 is 1.11 bits per heavy atom. The fourth-order valence-electron chi connectivity index (χ4n) is 4.21. The third kappa shape index (κ3) is 5.65. The number of benzene rings is 2. The highest BCUT2D eigenvalue weighted by Gasteiger charge is 2.25. The molecule has 0 spiro atoms. The van der Waals surface area contributed by atoms with Crippen molar-refractivity contribution >= 4 is 28.3 Å². The van der Waals surface area contributed by atoms with Crippen LogP contribution < -0.4 is 14.8 Å². The second kappa shape index (κ2) is 11.4. The van der Waals surface area contributed by atoms with Gasteiger partial charge in [0.15, 0.2) is 6.10 Å². The number of fused-ring (bicyclic) bond motifs is 1. The van der Waals surface area contributed by atoms with Gasteiger partial charge in [0.25, 0.3) is 5.91 Å². The largest absolute Gasteiger partial charge is 0.480 e. The Morgan fingerprint density at radius 2 is 1.95 bits per heavy atom. The predicted molar refractivity (Wildman–Crippen MR) is 141 cm³/mol. The number of halogens is 1. The lowest BCUT2D eigenvalue weighted by Crippen LogP contribution is -2.46. The number of nitrogens with zero attached hydrogens (tertiary/aromatic N) is 4. The number of carbonyl (C=O) groups excluding carboxylic acids is 1. The van der Waals surface area contributed by atoms with E-state index in [1.807, 2.05) is 43.3 Å². The quantitative estimate of drug-likeness (QED) is 0.350. The van der Waals surface area contributed by atoms with Crippen molar-refractivity contribution < 1.29 is 23.4 Å². The van der Waals surface area contributed by atoms with Crippen LogP contribution in [0.25, 0.3) is 10.9 Å². The van der Waals surface area contributed by atoms with E-state index in [0.29, 0.717) is 66.0 Å². The number of pyridine rings is 1. The van der Waals surface area contributed by atoms with Crippen LogP contribution in [0.1, 0.15) is 18.2 Å². The maximum Gasteiger partial charge on any atom is 0.263 e. The van der Waals surface area contributed by atoms with E-state index >= 15 is 0 Å². The summed E-state index contributed by atoms with van der Waals surface area (Å²) in [5.41, 5.74) is 2.71. The van der Waals surface area contributed by atoms with Crippen molar-refractivity contribution in [2.75, 3.05) is 31.6 Å². The molecule has 9 nitrogen and oxygen atoms in total. The first-order valence-corrected chi connectivity index (χ1v) is 12.3. The van der Waals surface area contributed by atoms with Crippen LogP contribution in [0.2, 0.25) is 0 Å². The standard InChI is InChI=1S/C28H28FN5O4/c1-18-14-20(7-9-24(18)38-22-8-6-21(15-29)30-16-22)33-27-26-23(31-17-32-27)4-3-5-25(26)37-19(2)28(35)34-10-12-36-13-11-34/h3-9,14,16-17,19H,10-13,15H2,1-2H3,(H,31,32,33)/t19-/m1/s1. The van der Waals surface area contributed by atoms with Gasteiger partial charge >= 0.3 is 0 Å². The smallest absolute Gasteiger partial charge is 0.263 e. The van der Waals surface area contributed by atoms with E-state index in [1.165, 1.54) is 12.5 Å². The van der Waals surface area contributed by atoms with Crippen LogP contribution in [0.3, 0.4) is 0 Å². The summed E-state index contributed by atoms with van der Waals surface area (Å²) in [5, 5.41) is 4.02. The predicted octanol–water partition coefficient (Wildman–Crippen LogP) is 4.96. The minimum atomic E-state index is -0.682. The van der Waals surface area contributed by atoms with Gasteiger partial charge in [-0.2, -0.15) is 0 Å². The van der Waals surface area contributed by atoms with E-state index in [1.54, 1.807) is 24.0 Å². The molecule has 0 radical (unpaired) electrons. The first kappa shape index (κ1) is 25.3. The molecule has 0 saturated carbocycles. The fourth-order valence-corrected chi connectivity index (χ4v) is 4.21. The second-order valence-corrected chi connectivity index (χ2v) is 8.90. The number of hydrogen-bond donors (Lipinski definition) is 1. The zero-order valence-electron chi connectivity index (χ0n) is 21.2. The first-order chi connectivity index (χ1) is 18.5. The summed E-state index contributed by atoms with van der Waals surface area (Å²) in [6.07, 6.45) is 2.30. The molecule has 38 heavy (non-hydrogen) atoms. The number of rotatable bonds is 8. The Morgan fingerprint density at radius 3 is 2.68 bits per heavy atom. The summed E-state index contributed by atoms with van der Waals surface area (Å²) in [5.74, 6) is 2.15. The highest BCUT2D eigenvalue weighted by atomic mass is 19.1. The van der Waals surface area contributed by atoms with Gasteiger partial charge in [-0.15, -0.1) is 0 Å². The second-order valence-electron chi connectivity index (χ2n) is 8.90. The zero-order chi connectivity index (χ0) is 26.5. The van der Waals surface area contributed by atoms with Gasteiger partial charge < -0.3 is 24.4 Å². The van der Waals surface area contributed by atoms with Gasteiger partial charge in [0.05, 0.1) is 36.0 Å². The highest BCUT2D eigenvalue weighted by molar-refractivity contribution is 5.96. The van der Waals surface area contributed by atoms with Crippen molar-refractivity contribution in [3.8, 4) is 17.2 Å². The van der Waals surface area contributed by atoms with Gasteiger partial charge in [0, 0.05) is 18.8 Å². The van der Waals surface area contributed by atoms with E-state index in [0.717, 1.165) is 11.3 Å². The summed E-state index contributed by atoms with van der Waals surface area (Å²) in [4.78, 5) is 27.5. The molecule has 3 heterocycles. The summed E-state index contributed by atoms with van der Waals surface area (Å²) in [6.45, 7) is 5.21. The molecule has 1 aliphatic heterocycles. The van der Waals surface area contributed by atoms with E-state index in [2.05, 4.69) is 20.3 Å². The molecule has 1 N–H and O–H groups in total. The number of alkyl halides is 1. The molecule has 0 bridgehead atoms. The van der Waals surface area contributed by atoms with Crippen LogP contribution in [0.5, 0.6) is 17.2 Å². The number of aromatic nitrogens is 3. The monoisotopic (exact) mass is 517 g/mol. The zero-order valence-corrected chi connectivity index (χ0v) is 21.2. The molecule has 4 aromatic rings. The van der Waals surface area contributed by atoms with Crippen LogP contribution in [-0.4, -0.2) is 58.2 Å². The van der Waals surface area contributed by atoms with Crippen molar-refractivity contribution in [2.45, 2.75) is 26.6 Å². The molecule has 2 aromatic carbocycles. The van der Waals surface area contributed by atoms with Gasteiger partial charge in [-0.3, -0.25) is 9.78 Å². The molecule has 1 fully saturated rings. The number of nitrogens with one attached hydrogen (secondary N) is 1. The van der Waals surface area contributed by atoms with Gasteiger partial charge in [0.1, 0.15) is 36.1 Å². The van der Waals surface area contributed by atoms with Crippen molar-refractivity contribution in [1.82, 2.24) is 19.9 Å². The molecule has 1 amide bonds. The third-order valence-corrected chi connectivity index (χ3v) is 6.20. The van der Waals surface area contributed by atoms with Crippen molar-refractivity contribution in [1.29, 1.82) is 0 Å². The maximum absolute atomic E-state index is 12.9. The molecule has 0 unspecified atom stereocenters. The molecule has 10 heteroatoms. The molecule has 5 rings (SSSR count). The van der Waals surface area contributed by atoms with E-state index < -0.39 is 12.8 Å². The Labute approximate surface area is 219 Å². The Balaban J connectivity index is 1.36. The van der Waals surface area contributed by atoms with Crippen LogP contribution in [0.4, 0.5) is 15.9 Å². The Hall–Kier alpha value is -4.31. The van der Waals surface area contributed by atoms with E-state index in [4.69, 9.17) is 14.2 Å². The fraction of sp³-hybridized carbons (Fsp3) is 0.286. The number of morpholine rings is 1. The number of carbonyl (C=O) groups is 1. The number of aryl methyl sites for hydroxylation is 1. The maximum atomic E-state index is 12.9. The Bertz CT molecular complexity index is 1420. The summed E-state index contributed by atoms with van der Waals surface area (Å²) < 4.78 is 30.1. The van der Waals surface area contributed by atoms with Gasteiger partial charge in [0.2, 0.25) is 0 Å². The molecule has 1 aliphatic rings. The third-order valence-electron chi connectivity index (χ3n) is 6.20. The van der Waals surface area contributed by atoms with Crippen LogP contribution in [0.15, 0.2) is 61.1 Å². The van der Waals surface area contributed by atoms with Gasteiger partial charge in [-0.05, 0) is 61.9 Å². The Kier molecular flexibility index (Phi) is 7.60. The molecule has 1 atom stereocenters. The minimum absolute atomic E-state index is 0.0857. The van der Waals surface area contributed by atoms with Crippen molar-refractivity contribution in [2.24, 2.45) is 0 Å². The van der Waals surface area contributed by atoms with Gasteiger partial charge in [-0.25, -0.2) is 14.4 Å². The van der Waals surface area contributed by atoms with E-state index in [9.17, 15) is 9.18 Å². The number of anilines is 2. The van der Waals surface area contributed by atoms with Crippen LogP contribution in [0, 0.1) is 6.92 Å². The highest BCUT2D eigenvalue weighted by Crippen LogP contribution is 2.34. The molecular weight excluding hydrogens is 489 g/mol. The number of amides is 1. The van der Waals surface area contributed by atoms with Crippen LogP contribution >= 0.6 is 0 Å². The molecule has 0 aliphatic carbocycles. The number of ether oxygens (including phenoxy) is 3. The first-order valence-electron chi connectivity index (χ1n) is 12.3. The van der Waals surface area contributed by atoms with Crippen molar-refractivity contribution in [3.05, 3.63) is 72.3 Å². The minimum Gasteiger partial charge on any atom is -0.480 e. The molecule has 196 valence electrons. The van der Waals surface area contributed by atoms with Crippen LogP contribution in [-0.2, 0) is 16.2 Å². The number of hydrogen-bond acceptors (Lipinski definition) is 8. The summed E-state index contributed by atoms with van der Waals surface area (Å²) >= 11 is 0. The lowest BCUT2D eigenvalue weighted by molar-refractivity contribution is -0.142. The lowest BCUT2D eigenvalue weighted by Gasteiger charge is -2.29. The van der Waals surface area contributed by atoms with E-state index in [-0.39, 0.29) is 5.91 Å². The molecular formula is C28H28FN5O4. The average molecular weight is 518 g/mol. The SMILES string of the molecule is Cc1cc(Nc2ncnc3cccc(O[C@H](C)C(=O)N4CCOCC4)c23)ccc1Oc1ccc(CF)nc1. The summed E-state index contributed by atoms with van der Waals surface area (Å²) in [6, 6.07) is 14.4. The van der Waals surface area contributed by atoms with Gasteiger partial charge in [-0.1, -0.05) is 6.07 Å². The topological polar surface area (TPSA) is 98.7 Å². The van der Waals surface area contributed by atoms with Crippen molar-refractivity contribution in [3.63, 3.8) is 0 Å². The normalized spacial score (nSPS) is 14.2. The summed E-state index contributed by atoms with van der Waals surface area (Å²) in [7, 11) is 0. The average Bonchev–Trinajstić information content (AvgIpc) is 2.95. The molecule has 2 aromatic heterocycles.